The number of imide groups is 1. The van der Waals surface area contributed by atoms with Gasteiger partial charge in [-0.15, -0.1) is 0 Å². The Labute approximate surface area is 110 Å². The molecule has 3 N–H and O–H groups in total. The Morgan fingerprint density at radius 1 is 1.37 bits per heavy atom. The highest BCUT2D eigenvalue weighted by molar-refractivity contribution is 6.05. The lowest BCUT2D eigenvalue weighted by Crippen LogP contribution is -2.42. The molecule has 2 saturated heterocycles. The third kappa shape index (κ3) is 4.18. The molecule has 0 aromatic carbocycles. The standard InChI is InChI=1S/C11H18N4O4/c16-9(7-8-10(17)14-11(18)13-8)12-1-2-15-3-5-19-6-4-15/h8H,1-7H2,(H,12,16)(H2,13,14,17,18). The number of urea groups is 1. The number of hydrogen-bond donors (Lipinski definition) is 3. The summed E-state index contributed by atoms with van der Waals surface area (Å²) < 4.78 is 5.22. The Morgan fingerprint density at radius 2 is 2.11 bits per heavy atom. The molecule has 0 spiro atoms. The zero-order valence-corrected chi connectivity index (χ0v) is 10.6. The summed E-state index contributed by atoms with van der Waals surface area (Å²) in [5, 5.41) is 7.22. The van der Waals surface area contributed by atoms with E-state index < -0.39 is 18.0 Å². The van der Waals surface area contributed by atoms with Crippen LogP contribution in [0.3, 0.4) is 0 Å². The van der Waals surface area contributed by atoms with E-state index in [1.54, 1.807) is 0 Å². The fourth-order valence-corrected chi connectivity index (χ4v) is 2.04. The van der Waals surface area contributed by atoms with Gasteiger partial charge in [-0.25, -0.2) is 4.79 Å². The second kappa shape index (κ2) is 6.48. The highest BCUT2D eigenvalue weighted by atomic mass is 16.5. The van der Waals surface area contributed by atoms with Crippen molar-refractivity contribution >= 4 is 17.8 Å². The normalized spacial score (nSPS) is 23.9. The number of rotatable bonds is 5. The first-order chi connectivity index (χ1) is 9.15. The Kier molecular flexibility index (Phi) is 4.69. The third-order valence-corrected chi connectivity index (χ3v) is 3.10. The molecule has 8 nitrogen and oxygen atoms in total. The van der Waals surface area contributed by atoms with Crippen LogP contribution in [0.5, 0.6) is 0 Å². The second-order valence-electron chi connectivity index (χ2n) is 4.52. The molecule has 4 amide bonds. The van der Waals surface area contributed by atoms with Crippen molar-refractivity contribution in [3.63, 3.8) is 0 Å². The van der Waals surface area contributed by atoms with Crippen molar-refractivity contribution in [1.82, 2.24) is 20.9 Å². The maximum absolute atomic E-state index is 11.6. The van der Waals surface area contributed by atoms with Crippen molar-refractivity contribution < 1.29 is 19.1 Å². The largest absolute Gasteiger partial charge is 0.379 e. The van der Waals surface area contributed by atoms with E-state index >= 15 is 0 Å². The Morgan fingerprint density at radius 3 is 2.74 bits per heavy atom. The van der Waals surface area contributed by atoms with Gasteiger partial charge in [-0.1, -0.05) is 0 Å². The molecule has 0 aliphatic carbocycles. The van der Waals surface area contributed by atoms with Crippen LogP contribution in [-0.2, 0) is 14.3 Å². The SMILES string of the molecule is O=C(CC1NC(=O)NC1=O)NCCN1CCOCC1. The van der Waals surface area contributed by atoms with Gasteiger partial charge in [0.25, 0.3) is 5.91 Å². The van der Waals surface area contributed by atoms with Gasteiger partial charge in [0, 0.05) is 26.2 Å². The minimum absolute atomic E-state index is 0.0271. The Hall–Kier alpha value is -1.67. The summed E-state index contributed by atoms with van der Waals surface area (Å²) in [6.45, 7) is 4.48. The molecule has 2 aliphatic heterocycles. The van der Waals surface area contributed by atoms with E-state index in [-0.39, 0.29) is 12.3 Å². The van der Waals surface area contributed by atoms with Crippen LogP contribution >= 0.6 is 0 Å². The molecule has 0 aromatic heterocycles. The van der Waals surface area contributed by atoms with Crippen molar-refractivity contribution in [2.45, 2.75) is 12.5 Å². The topological polar surface area (TPSA) is 99.8 Å². The van der Waals surface area contributed by atoms with E-state index in [0.717, 1.165) is 32.8 Å². The molecule has 2 rings (SSSR count). The van der Waals surface area contributed by atoms with Crippen molar-refractivity contribution in [2.24, 2.45) is 0 Å². The number of nitrogens with one attached hydrogen (secondary N) is 3. The first kappa shape index (κ1) is 13.8. The van der Waals surface area contributed by atoms with Crippen LogP contribution in [0.1, 0.15) is 6.42 Å². The fourth-order valence-electron chi connectivity index (χ4n) is 2.04. The summed E-state index contributed by atoms with van der Waals surface area (Å²) in [6.07, 6.45) is -0.0271. The molecule has 0 radical (unpaired) electrons. The zero-order valence-electron chi connectivity index (χ0n) is 10.6. The molecular formula is C11H18N4O4. The first-order valence-corrected chi connectivity index (χ1v) is 6.33. The van der Waals surface area contributed by atoms with Gasteiger partial charge in [-0.3, -0.25) is 19.8 Å². The van der Waals surface area contributed by atoms with Crippen LogP contribution in [0.15, 0.2) is 0 Å². The van der Waals surface area contributed by atoms with Gasteiger partial charge in [0.15, 0.2) is 0 Å². The molecule has 0 aromatic rings. The number of hydrogen-bond acceptors (Lipinski definition) is 5. The minimum atomic E-state index is -0.754. The van der Waals surface area contributed by atoms with Gasteiger partial charge >= 0.3 is 6.03 Å². The number of carbonyl (C=O) groups excluding carboxylic acids is 3. The quantitative estimate of drug-likeness (QED) is 0.503. The smallest absolute Gasteiger partial charge is 0.322 e. The van der Waals surface area contributed by atoms with E-state index in [0.29, 0.717) is 6.54 Å². The monoisotopic (exact) mass is 270 g/mol. The molecule has 2 aliphatic rings. The van der Waals surface area contributed by atoms with Crippen LogP contribution in [-0.4, -0.2) is 68.2 Å². The van der Waals surface area contributed by atoms with Crippen molar-refractivity contribution in [3.8, 4) is 0 Å². The Bertz CT molecular complexity index is 368. The highest BCUT2D eigenvalue weighted by Crippen LogP contribution is 1.99. The molecule has 0 saturated carbocycles. The van der Waals surface area contributed by atoms with Crippen LogP contribution in [0.25, 0.3) is 0 Å². The van der Waals surface area contributed by atoms with Gasteiger partial charge < -0.3 is 15.4 Å². The fraction of sp³-hybridized carbons (Fsp3) is 0.727. The Balaban J connectivity index is 1.61. The molecular weight excluding hydrogens is 252 g/mol. The average molecular weight is 270 g/mol. The predicted molar refractivity (Wildman–Crippen MR) is 65.3 cm³/mol. The van der Waals surface area contributed by atoms with Crippen molar-refractivity contribution in [3.05, 3.63) is 0 Å². The predicted octanol–water partition coefficient (Wildman–Crippen LogP) is -1.97. The minimum Gasteiger partial charge on any atom is -0.379 e. The second-order valence-corrected chi connectivity index (χ2v) is 4.52. The van der Waals surface area contributed by atoms with Crippen LogP contribution in [0.4, 0.5) is 4.79 Å². The lowest BCUT2D eigenvalue weighted by molar-refractivity contribution is -0.126. The van der Waals surface area contributed by atoms with Crippen LogP contribution in [0.2, 0.25) is 0 Å². The number of nitrogens with zero attached hydrogens (tertiary/aromatic N) is 1. The van der Waals surface area contributed by atoms with Crippen LogP contribution in [0, 0.1) is 0 Å². The summed E-state index contributed by atoms with van der Waals surface area (Å²) >= 11 is 0. The van der Waals surface area contributed by atoms with E-state index in [2.05, 4.69) is 20.9 Å². The molecule has 8 heteroatoms. The maximum Gasteiger partial charge on any atom is 0.322 e. The maximum atomic E-state index is 11.6. The van der Waals surface area contributed by atoms with Gasteiger partial charge in [0.2, 0.25) is 5.91 Å². The third-order valence-electron chi connectivity index (χ3n) is 3.10. The van der Waals surface area contributed by atoms with Crippen LogP contribution < -0.4 is 16.0 Å². The summed E-state index contributed by atoms with van der Waals surface area (Å²) in [5.74, 6) is -0.691. The summed E-state index contributed by atoms with van der Waals surface area (Å²) in [5.41, 5.74) is 0. The van der Waals surface area contributed by atoms with Gasteiger partial charge in [-0.2, -0.15) is 0 Å². The number of amides is 4. The highest BCUT2D eigenvalue weighted by Gasteiger charge is 2.31. The molecule has 106 valence electrons. The zero-order chi connectivity index (χ0) is 13.7. The number of ether oxygens (including phenoxy) is 1. The summed E-state index contributed by atoms with van der Waals surface area (Å²) in [7, 11) is 0. The lowest BCUT2D eigenvalue weighted by Gasteiger charge is -2.26. The van der Waals surface area contributed by atoms with Crippen molar-refractivity contribution in [1.29, 1.82) is 0 Å². The van der Waals surface area contributed by atoms with E-state index in [9.17, 15) is 14.4 Å². The van der Waals surface area contributed by atoms with Gasteiger partial charge in [0.05, 0.1) is 19.6 Å². The average Bonchev–Trinajstić information content (AvgIpc) is 2.69. The molecule has 2 fully saturated rings. The molecule has 1 atom stereocenters. The van der Waals surface area contributed by atoms with E-state index in [1.807, 2.05) is 0 Å². The van der Waals surface area contributed by atoms with Gasteiger partial charge in [-0.05, 0) is 0 Å². The molecule has 0 bridgehead atoms. The number of carbonyl (C=O) groups is 3. The summed E-state index contributed by atoms with van der Waals surface area (Å²) in [6, 6.07) is -1.30. The van der Waals surface area contributed by atoms with Crippen molar-refractivity contribution in [2.75, 3.05) is 39.4 Å². The first-order valence-electron chi connectivity index (χ1n) is 6.33. The summed E-state index contributed by atoms with van der Waals surface area (Å²) in [4.78, 5) is 35.9. The molecule has 2 heterocycles. The molecule has 1 unspecified atom stereocenters. The van der Waals surface area contributed by atoms with Gasteiger partial charge in [0.1, 0.15) is 6.04 Å². The molecule has 19 heavy (non-hydrogen) atoms. The van der Waals surface area contributed by atoms with E-state index in [1.165, 1.54) is 0 Å². The lowest BCUT2D eigenvalue weighted by atomic mass is 10.2. The van der Waals surface area contributed by atoms with E-state index in [4.69, 9.17) is 4.74 Å². The number of morpholine rings is 1.